The fourth-order valence-electron chi connectivity index (χ4n) is 7.40. The lowest BCUT2D eigenvalue weighted by molar-refractivity contribution is -0.118. The largest absolute Gasteiger partial charge is 0.465 e. The summed E-state index contributed by atoms with van der Waals surface area (Å²) in [5.41, 5.74) is 5.87. The Hall–Kier alpha value is -4.62. The van der Waals surface area contributed by atoms with Crippen molar-refractivity contribution in [3.63, 3.8) is 0 Å². The number of methoxy groups -OCH3 is 2. The molecule has 6 rings (SSSR count). The molecule has 0 aliphatic carbocycles. The maximum Gasteiger partial charge on any atom is 0.342 e. The van der Waals surface area contributed by atoms with Crippen LogP contribution >= 0.6 is 57.5 Å². The minimum absolute atomic E-state index is 0.0746. The second kappa shape index (κ2) is 23.7. The number of ether oxygens (including phenoxy) is 2. The molecule has 0 unspecified atom stereocenters. The Bertz CT molecular complexity index is 2400. The van der Waals surface area contributed by atoms with Crippen LogP contribution in [0.25, 0.3) is 0 Å². The number of carbonyl (C=O) groups is 4. The molecule has 0 spiro atoms. The van der Waals surface area contributed by atoms with E-state index in [4.69, 9.17) is 54.1 Å². The second-order valence-electron chi connectivity index (χ2n) is 16.4. The van der Waals surface area contributed by atoms with E-state index in [1.54, 1.807) is 10.8 Å². The first-order valence-corrected chi connectivity index (χ1v) is 26.9. The van der Waals surface area contributed by atoms with Gasteiger partial charge in [-0.05, 0) is 42.4 Å². The van der Waals surface area contributed by atoms with E-state index >= 15 is 0 Å². The number of carbonyl (C=O) groups excluding carboxylic acids is 4. The molecule has 4 aromatic carbocycles. The molecule has 65 heavy (non-hydrogen) atoms. The molecule has 1 amide bonds. The maximum absolute atomic E-state index is 12.9. The molecule has 0 saturated heterocycles. The van der Waals surface area contributed by atoms with Gasteiger partial charge in [0.25, 0.3) is 16.6 Å². The van der Waals surface area contributed by atoms with E-state index < -0.39 is 33.8 Å². The van der Waals surface area contributed by atoms with Gasteiger partial charge in [-0.25, -0.2) is 9.59 Å². The average Bonchev–Trinajstić information content (AvgIpc) is 3.83. The Morgan fingerprint density at radius 2 is 0.908 bits per heavy atom. The van der Waals surface area contributed by atoms with Gasteiger partial charge in [0.1, 0.15) is 34.3 Å². The molecule has 10 nitrogen and oxygen atoms in total. The summed E-state index contributed by atoms with van der Waals surface area (Å²) in [6, 6.07) is 40.5. The minimum Gasteiger partial charge on any atom is -0.465 e. The lowest BCUT2D eigenvalue weighted by atomic mass is 10.2. The number of esters is 2. The van der Waals surface area contributed by atoms with Gasteiger partial charge < -0.3 is 29.4 Å². The number of hydrogen-bond acceptors (Lipinski definition) is 11. The van der Waals surface area contributed by atoms with Gasteiger partial charge in [-0.1, -0.05) is 186 Å². The molecule has 0 bridgehead atoms. The number of nitrogens with two attached hydrogens (primary N) is 1. The van der Waals surface area contributed by atoms with Crippen LogP contribution in [0.4, 0.5) is 10.0 Å². The minimum atomic E-state index is -2.84. The number of thiophene rings is 2. The predicted octanol–water partition coefficient (Wildman–Crippen LogP) is 9.80. The Morgan fingerprint density at radius 1 is 0.569 bits per heavy atom. The summed E-state index contributed by atoms with van der Waals surface area (Å²) in [4.78, 5) is 47.2. The molecule has 6 aromatic rings. The summed E-state index contributed by atoms with van der Waals surface area (Å²) in [6.07, 6.45) is 0. The molecule has 0 aliphatic heterocycles. The molecular weight excluding hydrogens is 959 g/mol. The Balaban J connectivity index is 0.000000241. The lowest BCUT2D eigenvalue weighted by Gasteiger charge is -2.42. The van der Waals surface area contributed by atoms with Gasteiger partial charge in [-0.15, -0.1) is 22.7 Å². The molecule has 0 aliphatic rings. The first-order valence-electron chi connectivity index (χ1n) is 20.2. The van der Waals surface area contributed by atoms with Crippen LogP contribution in [0.5, 0.6) is 0 Å². The van der Waals surface area contributed by atoms with Gasteiger partial charge in [0.2, 0.25) is 11.1 Å². The third kappa shape index (κ3) is 12.8. The molecule has 0 fully saturated rings. The summed E-state index contributed by atoms with van der Waals surface area (Å²) in [5, 5.41) is 10.9. The zero-order chi connectivity index (χ0) is 48.0. The number of anilines is 2. The van der Waals surface area contributed by atoms with Crippen LogP contribution in [0.2, 0.25) is 20.1 Å². The van der Waals surface area contributed by atoms with Crippen LogP contribution in [0.1, 0.15) is 62.3 Å². The van der Waals surface area contributed by atoms with Crippen molar-refractivity contribution < 1.29 is 37.5 Å². The molecule has 0 radical (unpaired) electrons. The SMILES string of the molecule is CC(C)(C)[Si](OCC(=O)Cl)(c1ccccc1)c1ccccc1.COC(=O)c1c(Cl)csc1N.COC(=O)c1c(Cl)csc1NC(=O)CO[Si](c1ccccc1)(c1ccccc1)C(C)(C)C. The first-order chi connectivity index (χ1) is 30.7. The number of nitrogen functional groups attached to an aromatic ring is 1. The smallest absolute Gasteiger partial charge is 0.342 e. The van der Waals surface area contributed by atoms with E-state index in [1.807, 2.05) is 72.8 Å². The number of nitrogens with one attached hydrogen (secondary N) is 1. The number of amides is 1. The zero-order valence-electron chi connectivity index (χ0n) is 37.4. The first kappa shape index (κ1) is 53.0. The normalized spacial score (nSPS) is 11.6. The fourth-order valence-corrected chi connectivity index (χ4v) is 18.8. The topological polar surface area (TPSA) is 143 Å². The van der Waals surface area contributed by atoms with E-state index in [-0.39, 0.29) is 45.3 Å². The van der Waals surface area contributed by atoms with Gasteiger partial charge in [-0.3, -0.25) is 9.59 Å². The van der Waals surface area contributed by atoms with Crippen molar-refractivity contribution in [2.24, 2.45) is 0 Å². The third-order valence-corrected chi connectivity index (χ3v) is 22.8. The number of halogens is 3. The molecule has 17 heteroatoms. The maximum atomic E-state index is 12.9. The van der Waals surface area contributed by atoms with Crippen molar-refractivity contribution >= 4 is 128 Å². The molecule has 3 N–H and O–H groups in total. The van der Waals surface area contributed by atoms with Crippen molar-refractivity contribution in [2.45, 2.75) is 51.6 Å². The van der Waals surface area contributed by atoms with Crippen molar-refractivity contribution in [1.82, 2.24) is 0 Å². The molecule has 344 valence electrons. The highest BCUT2D eigenvalue weighted by atomic mass is 35.5. The van der Waals surface area contributed by atoms with Crippen molar-refractivity contribution in [3.05, 3.63) is 153 Å². The van der Waals surface area contributed by atoms with Gasteiger partial charge >= 0.3 is 11.9 Å². The monoisotopic (exact) mass is 1010 g/mol. The van der Waals surface area contributed by atoms with Crippen LogP contribution in [0.15, 0.2) is 132 Å². The number of benzene rings is 4. The Labute approximate surface area is 406 Å². The van der Waals surface area contributed by atoms with Crippen molar-refractivity contribution in [1.29, 1.82) is 0 Å². The van der Waals surface area contributed by atoms with E-state index in [2.05, 4.69) is 100 Å². The Morgan fingerprint density at radius 3 is 1.23 bits per heavy atom. The summed E-state index contributed by atoms with van der Waals surface area (Å²) in [5.74, 6) is -1.45. The van der Waals surface area contributed by atoms with E-state index in [9.17, 15) is 19.2 Å². The molecule has 2 aromatic heterocycles. The van der Waals surface area contributed by atoms with Crippen LogP contribution < -0.4 is 31.8 Å². The van der Waals surface area contributed by atoms with Crippen LogP contribution in [-0.2, 0) is 27.9 Å². The van der Waals surface area contributed by atoms with Crippen LogP contribution in [-0.4, -0.2) is 67.2 Å². The summed E-state index contributed by atoms with van der Waals surface area (Å²) < 4.78 is 22.1. The van der Waals surface area contributed by atoms with E-state index in [0.717, 1.165) is 20.7 Å². The summed E-state index contributed by atoms with van der Waals surface area (Å²) in [6.45, 7) is 12.7. The van der Waals surface area contributed by atoms with Gasteiger partial charge in [0.15, 0.2) is 0 Å². The highest BCUT2D eigenvalue weighted by Crippen LogP contribution is 2.38. The van der Waals surface area contributed by atoms with Gasteiger partial charge in [0.05, 0.1) is 24.3 Å². The highest BCUT2D eigenvalue weighted by molar-refractivity contribution is 7.15. The fraction of sp³-hybridized carbons (Fsp3) is 0.250. The summed E-state index contributed by atoms with van der Waals surface area (Å²) >= 11 is 19.7. The summed E-state index contributed by atoms with van der Waals surface area (Å²) in [7, 11) is -2.90. The molecule has 0 atom stereocenters. The van der Waals surface area contributed by atoms with Crippen molar-refractivity contribution in [2.75, 3.05) is 38.5 Å². The van der Waals surface area contributed by atoms with Gasteiger partial charge in [-0.2, -0.15) is 0 Å². The standard InChI is InChI=1S/C24H26ClNO4SSi.C18H21ClO2Si.C6H6ClNO2S/c1-24(2,3)32(17-11-7-5-8-12-17,18-13-9-6-10-14-18)30-15-20(27)26-22-21(23(28)29-4)19(25)16-31-22;1-18(2,3)22(21-14-17(19)20,15-10-6-4-7-11-15)16-12-8-5-9-13-16;1-10-6(9)4-3(7)2-11-5(4)8/h5-14,16H,15H2,1-4H3,(H,26,27);4-13H,14H2,1-3H3;2H,8H2,1H3. The third-order valence-electron chi connectivity index (χ3n) is 10.2. The van der Waals surface area contributed by atoms with Crippen molar-refractivity contribution in [3.8, 4) is 0 Å². The van der Waals surface area contributed by atoms with E-state index in [0.29, 0.717) is 15.0 Å². The van der Waals surface area contributed by atoms with Crippen LogP contribution in [0.3, 0.4) is 0 Å². The van der Waals surface area contributed by atoms with E-state index in [1.165, 1.54) is 36.9 Å². The quantitative estimate of drug-likeness (QED) is 0.0657. The zero-order valence-corrected chi connectivity index (χ0v) is 43.3. The van der Waals surface area contributed by atoms with Gasteiger partial charge in [0, 0.05) is 10.8 Å². The van der Waals surface area contributed by atoms with Crippen LogP contribution in [0, 0.1) is 0 Å². The molecule has 2 heterocycles. The lowest BCUT2D eigenvalue weighted by Crippen LogP contribution is -2.67. The molecular formula is C48H53Cl3N2O8S2Si2. The predicted molar refractivity (Wildman–Crippen MR) is 272 cm³/mol. The average molecular weight is 1010 g/mol. The number of rotatable bonds is 13. The molecule has 0 saturated carbocycles. The Kier molecular flexibility index (Phi) is 19.3. The highest BCUT2D eigenvalue weighted by Gasteiger charge is 2.51. The number of hydrogen-bond donors (Lipinski definition) is 2. The second-order valence-corrected chi connectivity index (χ2v) is 28.0.